The summed E-state index contributed by atoms with van der Waals surface area (Å²) in [4.78, 5) is 6.89. The predicted molar refractivity (Wildman–Crippen MR) is 115 cm³/mol. The summed E-state index contributed by atoms with van der Waals surface area (Å²) in [5.74, 6) is 0.908. The van der Waals surface area contributed by atoms with Crippen LogP contribution < -0.4 is 10.6 Å². The molecule has 144 valence electrons. The molecule has 24 heavy (non-hydrogen) atoms. The molecule has 6 heteroatoms. The molecule has 0 aromatic rings. The summed E-state index contributed by atoms with van der Waals surface area (Å²) in [5.41, 5.74) is 0. The van der Waals surface area contributed by atoms with Crippen molar-refractivity contribution in [3.05, 3.63) is 0 Å². The Balaban J connectivity index is 0.00000529. The lowest BCUT2D eigenvalue weighted by molar-refractivity contribution is 0.129. The SMILES string of the molecule is CCCCOCCCNC(=NC)NCCCN1CCCCC1C.I. The van der Waals surface area contributed by atoms with Gasteiger partial charge in [0.05, 0.1) is 0 Å². The van der Waals surface area contributed by atoms with Crippen LogP contribution in [0.4, 0.5) is 0 Å². The van der Waals surface area contributed by atoms with Gasteiger partial charge in [-0.05, 0) is 45.6 Å². The normalized spacial score (nSPS) is 19.0. The molecule has 5 nitrogen and oxygen atoms in total. The zero-order valence-electron chi connectivity index (χ0n) is 16.0. The summed E-state index contributed by atoms with van der Waals surface area (Å²) in [5, 5.41) is 6.76. The fraction of sp³-hybridized carbons (Fsp3) is 0.944. The van der Waals surface area contributed by atoms with Crippen LogP contribution in [0.1, 0.15) is 58.8 Å². The number of nitrogens with zero attached hydrogens (tertiary/aromatic N) is 2. The average Bonchev–Trinajstić information content (AvgIpc) is 2.57. The Hall–Kier alpha value is -0.0800. The monoisotopic (exact) mass is 454 g/mol. The highest BCUT2D eigenvalue weighted by atomic mass is 127. The number of nitrogens with one attached hydrogen (secondary N) is 2. The first-order valence-electron chi connectivity index (χ1n) is 9.54. The second kappa shape index (κ2) is 16.4. The minimum atomic E-state index is 0. The summed E-state index contributed by atoms with van der Waals surface area (Å²) in [6.45, 7) is 10.6. The van der Waals surface area contributed by atoms with E-state index in [1.807, 2.05) is 7.05 Å². The van der Waals surface area contributed by atoms with Crippen molar-refractivity contribution in [2.75, 3.05) is 46.4 Å². The molecule has 0 aromatic heterocycles. The number of piperidine rings is 1. The lowest BCUT2D eigenvalue weighted by Crippen LogP contribution is -2.41. The quantitative estimate of drug-likeness (QED) is 0.218. The lowest BCUT2D eigenvalue weighted by Gasteiger charge is -2.33. The van der Waals surface area contributed by atoms with Gasteiger partial charge in [0.25, 0.3) is 0 Å². The van der Waals surface area contributed by atoms with Crippen molar-refractivity contribution in [3.63, 3.8) is 0 Å². The number of hydrogen-bond donors (Lipinski definition) is 2. The maximum Gasteiger partial charge on any atom is 0.190 e. The molecule has 0 radical (unpaired) electrons. The van der Waals surface area contributed by atoms with E-state index in [0.717, 1.165) is 51.1 Å². The first-order chi connectivity index (χ1) is 11.3. The third kappa shape index (κ3) is 11.5. The van der Waals surface area contributed by atoms with Crippen molar-refractivity contribution in [2.45, 2.75) is 64.8 Å². The van der Waals surface area contributed by atoms with Gasteiger partial charge in [-0.1, -0.05) is 19.8 Å². The summed E-state index contributed by atoms with van der Waals surface area (Å²) in [7, 11) is 1.83. The van der Waals surface area contributed by atoms with Crippen molar-refractivity contribution < 1.29 is 4.74 Å². The van der Waals surface area contributed by atoms with Gasteiger partial charge in [-0.3, -0.25) is 4.99 Å². The molecule has 0 spiro atoms. The Morgan fingerprint density at radius 1 is 1.12 bits per heavy atom. The zero-order chi connectivity index (χ0) is 16.8. The van der Waals surface area contributed by atoms with Crippen LogP contribution in [0.25, 0.3) is 0 Å². The number of ether oxygens (including phenoxy) is 1. The van der Waals surface area contributed by atoms with E-state index in [9.17, 15) is 0 Å². The fourth-order valence-corrected chi connectivity index (χ4v) is 2.93. The predicted octanol–water partition coefficient (Wildman–Crippen LogP) is 3.24. The number of halogens is 1. The molecule has 1 heterocycles. The third-order valence-electron chi connectivity index (χ3n) is 4.48. The zero-order valence-corrected chi connectivity index (χ0v) is 18.3. The van der Waals surface area contributed by atoms with Crippen LogP contribution in [-0.4, -0.2) is 63.3 Å². The molecule has 1 aliphatic rings. The molecule has 1 unspecified atom stereocenters. The van der Waals surface area contributed by atoms with Crippen LogP contribution in [0, 0.1) is 0 Å². The van der Waals surface area contributed by atoms with Gasteiger partial charge in [-0.15, -0.1) is 24.0 Å². The molecule has 0 saturated carbocycles. The van der Waals surface area contributed by atoms with Crippen molar-refractivity contribution in [1.29, 1.82) is 0 Å². The Kier molecular flexibility index (Phi) is 16.3. The highest BCUT2D eigenvalue weighted by molar-refractivity contribution is 14.0. The topological polar surface area (TPSA) is 48.9 Å². The highest BCUT2D eigenvalue weighted by Gasteiger charge is 2.16. The van der Waals surface area contributed by atoms with Crippen LogP contribution in [0.2, 0.25) is 0 Å². The minimum Gasteiger partial charge on any atom is -0.381 e. The first kappa shape index (κ1) is 23.9. The van der Waals surface area contributed by atoms with E-state index >= 15 is 0 Å². The van der Waals surface area contributed by atoms with Crippen molar-refractivity contribution in [1.82, 2.24) is 15.5 Å². The van der Waals surface area contributed by atoms with Crippen molar-refractivity contribution in [2.24, 2.45) is 4.99 Å². The molecule has 0 aliphatic carbocycles. The average molecular weight is 454 g/mol. The van der Waals surface area contributed by atoms with Gasteiger partial charge in [0.2, 0.25) is 0 Å². The lowest BCUT2D eigenvalue weighted by atomic mass is 10.0. The van der Waals surface area contributed by atoms with E-state index in [4.69, 9.17) is 4.74 Å². The molecule has 1 rings (SSSR count). The molecule has 1 fully saturated rings. The highest BCUT2D eigenvalue weighted by Crippen LogP contribution is 2.15. The van der Waals surface area contributed by atoms with Gasteiger partial charge in [-0.2, -0.15) is 0 Å². The summed E-state index contributed by atoms with van der Waals surface area (Å²) in [6.07, 6.45) is 8.67. The summed E-state index contributed by atoms with van der Waals surface area (Å²) < 4.78 is 5.56. The van der Waals surface area contributed by atoms with E-state index in [-0.39, 0.29) is 24.0 Å². The standard InChI is InChI=1S/C18H38N4O.HI/c1-4-5-15-23-16-9-12-21-18(19-3)20-11-8-14-22-13-7-6-10-17(22)2;/h17H,4-16H2,1-3H3,(H2,19,20,21);1H. The summed E-state index contributed by atoms with van der Waals surface area (Å²) >= 11 is 0. The van der Waals surface area contributed by atoms with E-state index in [0.29, 0.717) is 0 Å². The van der Waals surface area contributed by atoms with Crippen LogP contribution in [0.3, 0.4) is 0 Å². The van der Waals surface area contributed by atoms with Gasteiger partial charge in [0.15, 0.2) is 5.96 Å². The molecular weight excluding hydrogens is 415 g/mol. The van der Waals surface area contributed by atoms with Crippen molar-refractivity contribution in [3.8, 4) is 0 Å². The molecule has 0 bridgehead atoms. The van der Waals surface area contributed by atoms with Gasteiger partial charge in [0, 0.05) is 45.9 Å². The molecule has 0 aromatic carbocycles. The molecule has 1 atom stereocenters. The number of aliphatic imine (C=N–C) groups is 1. The maximum atomic E-state index is 5.56. The van der Waals surface area contributed by atoms with Crippen LogP contribution >= 0.6 is 24.0 Å². The van der Waals surface area contributed by atoms with Crippen LogP contribution in [-0.2, 0) is 4.74 Å². The molecule has 1 saturated heterocycles. The van der Waals surface area contributed by atoms with Gasteiger partial charge < -0.3 is 20.3 Å². The maximum absolute atomic E-state index is 5.56. The number of likely N-dealkylation sites (tertiary alicyclic amines) is 1. The van der Waals surface area contributed by atoms with Crippen molar-refractivity contribution >= 4 is 29.9 Å². The second-order valence-corrected chi connectivity index (χ2v) is 6.48. The Morgan fingerprint density at radius 3 is 2.50 bits per heavy atom. The molecular formula is C18H39IN4O. The number of rotatable bonds is 11. The van der Waals surface area contributed by atoms with E-state index < -0.39 is 0 Å². The Labute approximate surface area is 166 Å². The van der Waals surface area contributed by atoms with Gasteiger partial charge in [-0.25, -0.2) is 0 Å². The number of unbranched alkanes of at least 4 members (excludes halogenated alkanes) is 1. The fourth-order valence-electron chi connectivity index (χ4n) is 2.93. The molecule has 1 aliphatic heterocycles. The van der Waals surface area contributed by atoms with E-state index in [1.54, 1.807) is 0 Å². The molecule has 0 amide bonds. The van der Waals surface area contributed by atoms with Crippen LogP contribution in [0.5, 0.6) is 0 Å². The smallest absolute Gasteiger partial charge is 0.190 e. The largest absolute Gasteiger partial charge is 0.381 e. The minimum absolute atomic E-state index is 0. The van der Waals surface area contributed by atoms with Gasteiger partial charge >= 0.3 is 0 Å². The van der Waals surface area contributed by atoms with E-state index in [1.165, 1.54) is 45.2 Å². The number of guanidine groups is 1. The Bertz CT molecular complexity index is 315. The van der Waals surface area contributed by atoms with E-state index in [2.05, 4.69) is 34.4 Å². The molecule has 2 N–H and O–H groups in total. The van der Waals surface area contributed by atoms with Crippen LogP contribution in [0.15, 0.2) is 4.99 Å². The first-order valence-corrected chi connectivity index (χ1v) is 9.54. The second-order valence-electron chi connectivity index (χ2n) is 6.48. The number of hydrogen-bond acceptors (Lipinski definition) is 3. The summed E-state index contributed by atoms with van der Waals surface area (Å²) in [6, 6.07) is 0.758. The third-order valence-corrected chi connectivity index (χ3v) is 4.48. The Morgan fingerprint density at radius 2 is 1.83 bits per heavy atom. The van der Waals surface area contributed by atoms with Gasteiger partial charge in [0.1, 0.15) is 0 Å².